The summed E-state index contributed by atoms with van der Waals surface area (Å²) in [6.45, 7) is 0.0795. The molecule has 2 heterocycles. The summed E-state index contributed by atoms with van der Waals surface area (Å²) in [6.07, 6.45) is 0.385. The Labute approximate surface area is 141 Å². The number of anilines is 1. The number of carbonyl (C=O) groups is 4. The average molecular weight is 354 g/mol. The summed E-state index contributed by atoms with van der Waals surface area (Å²) in [7, 11) is 0. The van der Waals surface area contributed by atoms with Gasteiger partial charge in [-0.1, -0.05) is 17.7 Å². The average Bonchev–Trinajstić information content (AvgIpc) is 2.85. The van der Waals surface area contributed by atoms with Gasteiger partial charge in [-0.05, 0) is 18.6 Å². The van der Waals surface area contributed by atoms with Crippen molar-refractivity contribution in [1.82, 2.24) is 10.2 Å². The van der Waals surface area contributed by atoms with E-state index in [2.05, 4.69) is 10.6 Å². The second kappa shape index (κ2) is 6.20. The summed E-state index contributed by atoms with van der Waals surface area (Å²) in [5.41, 5.74) is -1.13. The van der Waals surface area contributed by atoms with Crippen LogP contribution in [0.25, 0.3) is 0 Å². The number of hydrogen-bond acceptors (Lipinski definition) is 4. The van der Waals surface area contributed by atoms with Crippen molar-refractivity contribution in [1.29, 1.82) is 0 Å². The summed E-state index contributed by atoms with van der Waals surface area (Å²) in [5, 5.41) is 4.53. The number of amides is 4. The first-order chi connectivity index (χ1) is 11.4. The first-order valence-electron chi connectivity index (χ1n) is 7.24. The molecule has 2 aliphatic heterocycles. The van der Waals surface area contributed by atoms with Crippen LogP contribution >= 0.6 is 11.6 Å². The van der Waals surface area contributed by atoms with E-state index in [-0.39, 0.29) is 36.9 Å². The van der Waals surface area contributed by atoms with Gasteiger partial charge in [-0.2, -0.15) is 0 Å². The van der Waals surface area contributed by atoms with Crippen LogP contribution in [0, 0.1) is 0 Å². The largest absolute Gasteiger partial charge is 0.322 e. The normalized spacial score (nSPS) is 21.3. The van der Waals surface area contributed by atoms with Gasteiger partial charge in [0.1, 0.15) is 6.04 Å². The lowest BCUT2D eigenvalue weighted by atomic mass is 10.0. The Morgan fingerprint density at radius 1 is 1.38 bits per heavy atom. The van der Waals surface area contributed by atoms with Crippen LogP contribution in [0.15, 0.2) is 18.2 Å². The minimum atomic E-state index is -2.20. The molecule has 1 aromatic carbocycles. The van der Waals surface area contributed by atoms with E-state index in [1.807, 2.05) is 0 Å². The molecule has 0 aromatic heterocycles. The van der Waals surface area contributed by atoms with Crippen molar-refractivity contribution >= 4 is 40.9 Å². The van der Waals surface area contributed by atoms with Crippen LogP contribution in [0.3, 0.4) is 0 Å². The van der Waals surface area contributed by atoms with Gasteiger partial charge in [0.25, 0.3) is 17.4 Å². The third kappa shape index (κ3) is 2.84. The van der Waals surface area contributed by atoms with Gasteiger partial charge < -0.3 is 10.2 Å². The van der Waals surface area contributed by atoms with Crippen molar-refractivity contribution in [3.63, 3.8) is 0 Å². The molecular formula is C15H13ClFN3O4. The van der Waals surface area contributed by atoms with E-state index in [0.29, 0.717) is 11.1 Å². The number of fused-ring (bicyclic) bond motifs is 1. The highest BCUT2D eigenvalue weighted by Gasteiger charge is 2.40. The van der Waals surface area contributed by atoms with Gasteiger partial charge >= 0.3 is 0 Å². The minimum absolute atomic E-state index is 0.0795. The van der Waals surface area contributed by atoms with Crippen LogP contribution in [-0.4, -0.2) is 40.2 Å². The van der Waals surface area contributed by atoms with Gasteiger partial charge in [-0.15, -0.1) is 0 Å². The predicted molar refractivity (Wildman–Crippen MR) is 81.9 cm³/mol. The quantitative estimate of drug-likeness (QED) is 0.624. The summed E-state index contributed by atoms with van der Waals surface area (Å²) in [6, 6.07) is 3.87. The molecule has 2 atom stereocenters. The Balaban J connectivity index is 1.86. The van der Waals surface area contributed by atoms with Crippen LogP contribution in [-0.2, 0) is 20.9 Å². The molecule has 0 bridgehead atoms. The molecule has 2 unspecified atom stereocenters. The Bertz CT molecular complexity index is 752. The number of nitrogens with zero attached hydrogens (tertiary/aromatic N) is 1. The molecule has 0 radical (unpaired) electrons. The number of hydrogen-bond donors (Lipinski definition) is 2. The van der Waals surface area contributed by atoms with Crippen LogP contribution < -0.4 is 10.6 Å². The molecule has 0 saturated carbocycles. The van der Waals surface area contributed by atoms with E-state index in [4.69, 9.17) is 11.6 Å². The lowest BCUT2D eigenvalue weighted by molar-refractivity contribution is -0.137. The van der Waals surface area contributed by atoms with Gasteiger partial charge in [-0.25, -0.2) is 4.39 Å². The SMILES string of the molecule is O=C1CCC(N2Cc3c(NC(=O)C(F)Cl)cccc3C2=O)C(=O)N1. The number of halogens is 2. The van der Waals surface area contributed by atoms with E-state index in [0.717, 1.165) is 0 Å². The zero-order valence-electron chi connectivity index (χ0n) is 12.3. The minimum Gasteiger partial charge on any atom is -0.322 e. The molecule has 24 heavy (non-hydrogen) atoms. The van der Waals surface area contributed by atoms with E-state index < -0.39 is 23.5 Å². The van der Waals surface area contributed by atoms with Crippen molar-refractivity contribution in [2.75, 3.05) is 5.32 Å². The molecule has 2 N–H and O–H groups in total. The number of piperidine rings is 1. The van der Waals surface area contributed by atoms with Gasteiger partial charge in [-0.3, -0.25) is 24.5 Å². The maximum Gasteiger partial charge on any atom is 0.274 e. The van der Waals surface area contributed by atoms with Crippen LogP contribution in [0.1, 0.15) is 28.8 Å². The summed E-state index contributed by atoms with van der Waals surface area (Å²) >= 11 is 5.10. The van der Waals surface area contributed by atoms with Crippen LogP contribution in [0.5, 0.6) is 0 Å². The third-order valence-electron chi connectivity index (χ3n) is 4.04. The van der Waals surface area contributed by atoms with Crippen molar-refractivity contribution in [2.24, 2.45) is 0 Å². The van der Waals surface area contributed by atoms with Crippen LogP contribution in [0.4, 0.5) is 10.1 Å². The molecule has 3 rings (SSSR count). The van der Waals surface area contributed by atoms with E-state index >= 15 is 0 Å². The lowest BCUT2D eigenvalue weighted by Crippen LogP contribution is -2.52. The summed E-state index contributed by atoms with van der Waals surface area (Å²) in [5.74, 6) is -2.30. The highest BCUT2D eigenvalue weighted by atomic mass is 35.5. The van der Waals surface area contributed by atoms with E-state index in [1.54, 1.807) is 12.1 Å². The Morgan fingerprint density at radius 3 is 2.79 bits per heavy atom. The Morgan fingerprint density at radius 2 is 2.12 bits per heavy atom. The molecule has 1 saturated heterocycles. The van der Waals surface area contributed by atoms with Crippen LogP contribution in [0.2, 0.25) is 0 Å². The third-order valence-corrected chi connectivity index (χ3v) is 4.24. The van der Waals surface area contributed by atoms with Crippen molar-refractivity contribution in [3.05, 3.63) is 29.3 Å². The molecule has 126 valence electrons. The number of benzene rings is 1. The fourth-order valence-corrected chi connectivity index (χ4v) is 2.94. The zero-order chi connectivity index (χ0) is 17.4. The molecule has 1 aromatic rings. The lowest BCUT2D eigenvalue weighted by Gasteiger charge is -2.29. The van der Waals surface area contributed by atoms with Gasteiger partial charge in [0.2, 0.25) is 11.8 Å². The maximum atomic E-state index is 12.9. The molecule has 2 aliphatic rings. The van der Waals surface area contributed by atoms with Gasteiger partial charge in [0.15, 0.2) is 0 Å². The molecule has 4 amide bonds. The highest BCUT2D eigenvalue weighted by molar-refractivity contribution is 6.31. The summed E-state index contributed by atoms with van der Waals surface area (Å²) in [4.78, 5) is 48.6. The van der Waals surface area contributed by atoms with Crippen molar-refractivity contribution < 1.29 is 23.6 Å². The predicted octanol–water partition coefficient (Wildman–Crippen LogP) is 0.920. The Kier molecular flexibility index (Phi) is 4.23. The molecule has 7 nitrogen and oxygen atoms in total. The topological polar surface area (TPSA) is 95.6 Å². The molecule has 0 spiro atoms. The standard InChI is InChI=1S/C15H13ClFN3O4/c16-12(17)14(23)18-9-3-1-2-7-8(9)6-20(15(7)24)10-4-5-11(21)19-13(10)22/h1-3,10,12H,4-6H2,(H,18,23)(H,19,21,22). The summed E-state index contributed by atoms with van der Waals surface area (Å²) < 4.78 is 12.9. The van der Waals surface area contributed by atoms with Crippen molar-refractivity contribution in [2.45, 2.75) is 31.1 Å². The fourth-order valence-electron chi connectivity index (χ4n) is 2.89. The monoisotopic (exact) mass is 353 g/mol. The van der Waals surface area contributed by atoms with Crippen molar-refractivity contribution in [3.8, 4) is 0 Å². The zero-order valence-corrected chi connectivity index (χ0v) is 13.1. The maximum absolute atomic E-state index is 12.9. The number of nitrogens with one attached hydrogen (secondary N) is 2. The first kappa shape index (κ1) is 16.4. The number of alkyl halides is 2. The Hall–Kier alpha value is -2.48. The molecular weight excluding hydrogens is 341 g/mol. The van der Waals surface area contributed by atoms with Gasteiger partial charge in [0.05, 0.1) is 0 Å². The molecule has 1 fully saturated rings. The number of carbonyl (C=O) groups excluding carboxylic acids is 4. The second-order valence-electron chi connectivity index (χ2n) is 5.52. The molecule has 0 aliphatic carbocycles. The highest BCUT2D eigenvalue weighted by Crippen LogP contribution is 2.32. The van der Waals surface area contributed by atoms with E-state index in [9.17, 15) is 23.6 Å². The van der Waals surface area contributed by atoms with E-state index in [1.165, 1.54) is 11.0 Å². The fraction of sp³-hybridized carbons (Fsp3) is 0.333. The molecule has 9 heteroatoms. The second-order valence-corrected chi connectivity index (χ2v) is 5.90. The number of imide groups is 1. The first-order valence-corrected chi connectivity index (χ1v) is 7.67. The van der Waals surface area contributed by atoms with Gasteiger partial charge in [0, 0.05) is 29.8 Å². The number of rotatable bonds is 3. The smallest absolute Gasteiger partial charge is 0.274 e.